The molecule has 0 atom stereocenters. The molecule has 30 heavy (non-hydrogen) atoms. The summed E-state index contributed by atoms with van der Waals surface area (Å²) in [6.45, 7) is 6.36. The summed E-state index contributed by atoms with van der Waals surface area (Å²) < 4.78 is 36.7. The number of ether oxygens (including phenoxy) is 1. The summed E-state index contributed by atoms with van der Waals surface area (Å²) >= 11 is 6.46. The third-order valence-electron chi connectivity index (χ3n) is 4.26. The van der Waals surface area contributed by atoms with E-state index in [-0.39, 0.29) is 22.3 Å². The summed E-state index contributed by atoms with van der Waals surface area (Å²) in [7, 11) is -4.01. The molecule has 1 aliphatic rings. The van der Waals surface area contributed by atoms with Gasteiger partial charge in [-0.3, -0.25) is 9.69 Å². The lowest BCUT2D eigenvalue weighted by atomic mass is 10.2. The largest absolute Gasteiger partial charge is 0.490 e. The van der Waals surface area contributed by atoms with Gasteiger partial charge in [0.05, 0.1) is 11.5 Å². The van der Waals surface area contributed by atoms with Gasteiger partial charge in [-0.05, 0) is 56.7 Å². The Morgan fingerprint density at radius 2 is 1.80 bits per heavy atom. The van der Waals surface area contributed by atoms with Gasteiger partial charge in [-0.2, -0.15) is 8.42 Å². The summed E-state index contributed by atoms with van der Waals surface area (Å²) in [5.74, 6) is 0.205. The zero-order valence-electron chi connectivity index (χ0n) is 16.7. The number of aryl methyl sites for hydroxylation is 1. The lowest BCUT2D eigenvalue weighted by Gasteiger charge is -2.13. The van der Waals surface area contributed by atoms with Crippen molar-refractivity contribution in [3.63, 3.8) is 0 Å². The van der Waals surface area contributed by atoms with E-state index in [4.69, 9.17) is 21.1 Å². The molecule has 1 saturated heterocycles. The standard InChI is InChI=1S/C21H21NO5S3/c1-4-22-20(23)19(29-21(22)28)13-15-8-11-17(18(12-15)26-5-2)27-30(24,25)16-9-6-14(3)7-10-16/h6-13H,4-5H2,1-3H3. The molecule has 0 saturated carbocycles. The Balaban J connectivity index is 1.91. The van der Waals surface area contributed by atoms with Crippen LogP contribution in [0, 0.1) is 6.92 Å². The summed E-state index contributed by atoms with van der Waals surface area (Å²) in [6.07, 6.45) is 1.70. The van der Waals surface area contributed by atoms with Crippen LogP contribution < -0.4 is 8.92 Å². The Hall–Kier alpha value is -2.36. The molecule has 1 fully saturated rings. The number of amides is 1. The van der Waals surface area contributed by atoms with Gasteiger partial charge in [0.2, 0.25) is 0 Å². The molecule has 0 bridgehead atoms. The van der Waals surface area contributed by atoms with Crippen molar-refractivity contribution in [3.05, 3.63) is 58.5 Å². The maximum atomic E-state index is 12.6. The number of thioether (sulfide) groups is 1. The molecule has 0 spiro atoms. The number of rotatable bonds is 7. The second-order valence-electron chi connectivity index (χ2n) is 6.42. The highest BCUT2D eigenvalue weighted by Crippen LogP contribution is 2.35. The molecule has 1 amide bonds. The fourth-order valence-electron chi connectivity index (χ4n) is 2.75. The maximum absolute atomic E-state index is 12.6. The van der Waals surface area contributed by atoms with Gasteiger partial charge in [0.1, 0.15) is 9.22 Å². The topological polar surface area (TPSA) is 72.9 Å². The normalized spacial score (nSPS) is 15.7. The third kappa shape index (κ3) is 4.85. The summed E-state index contributed by atoms with van der Waals surface area (Å²) in [5.41, 5.74) is 1.62. The average Bonchev–Trinajstić information content (AvgIpc) is 2.96. The molecule has 6 nitrogen and oxygen atoms in total. The molecule has 0 unspecified atom stereocenters. The first-order valence-electron chi connectivity index (χ1n) is 9.28. The van der Waals surface area contributed by atoms with E-state index in [0.717, 1.165) is 5.56 Å². The quantitative estimate of drug-likeness (QED) is 0.343. The van der Waals surface area contributed by atoms with Gasteiger partial charge in [-0.15, -0.1) is 0 Å². The minimum Gasteiger partial charge on any atom is -0.490 e. The molecule has 0 aromatic heterocycles. The highest BCUT2D eigenvalue weighted by atomic mass is 32.2. The van der Waals surface area contributed by atoms with Crippen LogP contribution in [0.1, 0.15) is 25.0 Å². The molecular weight excluding hydrogens is 442 g/mol. The Morgan fingerprint density at radius 3 is 2.40 bits per heavy atom. The van der Waals surface area contributed by atoms with Crippen molar-refractivity contribution in [2.24, 2.45) is 0 Å². The zero-order valence-corrected chi connectivity index (χ0v) is 19.2. The molecule has 2 aromatic rings. The van der Waals surface area contributed by atoms with E-state index >= 15 is 0 Å². The minimum absolute atomic E-state index is 0.0582. The fourth-order valence-corrected chi connectivity index (χ4v) is 5.07. The van der Waals surface area contributed by atoms with Crippen LogP contribution in [0.4, 0.5) is 0 Å². The van der Waals surface area contributed by atoms with E-state index in [1.54, 1.807) is 37.3 Å². The van der Waals surface area contributed by atoms with Crippen molar-refractivity contribution in [1.29, 1.82) is 0 Å². The first-order chi connectivity index (χ1) is 14.2. The highest BCUT2D eigenvalue weighted by molar-refractivity contribution is 8.26. The minimum atomic E-state index is -4.01. The first kappa shape index (κ1) is 22.3. The Kier molecular flexibility index (Phi) is 6.84. The molecule has 0 N–H and O–H groups in total. The number of hydrogen-bond acceptors (Lipinski definition) is 7. The number of carbonyl (C=O) groups excluding carboxylic acids is 1. The number of nitrogens with zero attached hydrogens (tertiary/aromatic N) is 1. The number of likely N-dealkylation sites (N-methyl/N-ethyl adjacent to an activating group) is 1. The maximum Gasteiger partial charge on any atom is 0.339 e. The van der Waals surface area contributed by atoms with Crippen LogP contribution in [0.2, 0.25) is 0 Å². The van der Waals surface area contributed by atoms with Crippen molar-refractivity contribution in [2.75, 3.05) is 13.2 Å². The van der Waals surface area contributed by atoms with Crippen LogP contribution in [0.25, 0.3) is 6.08 Å². The molecular formula is C21H21NO5S3. The van der Waals surface area contributed by atoms with Crippen LogP contribution in [0.15, 0.2) is 52.3 Å². The SMILES string of the molecule is CCOc1cc(C=C2SC(=S)N(CC)C2=O)ccc1OS(=O)(=O)c1ccc(C)cc1. The molecule has 1 aliphatic heterocycles. The Morgan fingerprint density at radius 1 is 1.10 bits per heavy atom. The van der Waals surface area contributed by atoms with Gasteiger partial charge >= 0.3 is 10.1 Å². The number of benzene rings is 2. The van der Waals surface area contributed by atoms with E-state index in [0.29, 0.717) is 27.9 Å². The van der Waals surface area contributed by atoms with Crippen molar-refractivity contribution in [2.45, 2.75) is 25.7 Å². The lowest BCUT2D eigenvalue weighted by Crippen LogP contribution is -2.27. The first-order valence-corrected chi connectivity index (χ1v) is 11.9. The molecule has 0 radical (unpaired) electrons. The van der Waals surface area contributed by atoms with Crippen molar-refractivity contribution < 1.29 is 22.1 Å². The number of carbonyl (C=O) groups is 1. The van der Waals surface area contributed by atoms with Crippen molar-refractivity contribution >= 4 is 50.4 Å². The summed E-state index contributed by atoms with van der Waals surface area (Å²) in [4.78, 5) is 14.5. The Labute approximate surface area is 186 Å². The van der Waals surface area contributed by atoms with E-state index < -0.39 is 10.1 Å². The van der Waals surface area contributed by atoms with Crippen molar-refractivity contribution in [1.82, 2.24) is 4.90 Å². The fraction of sp³-hybridized carbons (Fsp3) is 0.238. The van der Waals surface area contributed by atoms with Gasteiger partial charge in [-0.1, -0.05) is 47.7 Å². The molecule has 0 aliphatic carbocycles. The van der Waals surface area contributed by atoms with Crippen LogP contribution in [-0.4, -0.2) is 36.7 Å². The molecule has 2 aromatic carbocycles. The highest BCUT2D eigenvalue weighted by Gasteiger charge is 2.30. The van der Waals surface area contributed by atoms with Gasteiger partial charge in [0.25, 0.3) is 5.91 Å². The van der Waals surface area contributed by atoms with Gasteiger partial charge in [0, 0.05) is 6.54 Å². The summed E-state index contributed by atoms with van der Waals surface area (Å²) in [5, 5.41) is 0. The van der Waals surface area contributed by atoms with Crippen molar-refractivity contribution in [3.8, 4) is 11.5 Å². The summed E-state index contributed by atoms with van der Waals surface area (Å²) in [6, 6.07) is 11.2. The van der Waals surface area contributed by atoms with Crippen LogP contribution in [0.5, 0.6) is 11.5 Å². The number of hydrogen-bond donors (Lipinski definition) is 0. The predicted octanol–water partition coefficient (Wildman–Crippen LogP) is 4.38. The third-order valence-corrected chi connectivity index (χ3v) is 6.89. The van der Waals surface area contributed by atoms with Crippen LogP contribution >= 0.6 is 24.0 Å². The van der Waals surface area contributed by atoms with Crippen LogP contribution in [0.3, 0.4) is 0 Å². The smallest absolute Gasteiger partial charge is 0.339 e. The monoisotopic (exact) mass is 463 g/mol. The average molecular weight is 464 g/mol. The number of thiocarbonyl (C=S) groups is 1. The molecule has 1 heterocycles. The van der Waals surface area contributed by atoms with Gasteiger partial charge in [0.15, 0.2) is 11.5 Å². The van der Waals surface area contributed by atoms with E-state index in [9.17, 15) is 13.2 Å². The van der Waals surface area contributed by atoms with Gasteiger partial charge < -0.3 is 8.92 Å². The molecule has 3 rings (SSSR count). The predicted molar refractivity (Wildman–Crippen MR) is 122 cm³/mol. The van der Waals surface area contributed by atoms with Crippen LogP contribution in [-0.2, 0) is 14.9 Å². The second-order valence-corrected chi connectivity index (χ2v) is 9.64. The van der Waals surface area contributed by atoms with Gasteiger partial charge in [-0.25, -0.2) is 0 Å². The molecule has 158 valence electrons. The second kappa shape index (κ2) is 9.20. The van der Waals surface area contributed by atoms with E-state index in [1.165, 1.54) is 34.9 Å². The Bertz CT molecular complexity index is 1110. The molecule has 9 heteroatoms. The van der Waals surface area contributed by atoms with E-state index in [1.807, 2.05) is 13.8 Å². The zero-order chi connectivity index (χ0) is 21.9. The van der Waals surface area contributed by atoms with E-state index in [2.05, 4.69) is 0 Å². The lowest BCUT2D eigenvalue weighted by molar-refractivity contribution is -0.121.